The average Bonchev–Trinajstić information content (AvgIpc) is 3.66. The van der Waals surface area contributed by atoms with E-state index in [0.29, 0.717) is 22.3 Å². The molecule has 3 amide bonds. The summed E-state index contributed by atoms with van der Waals surface area (Å²) < 4.78 is 25.7. The average molecular weight is 612 g/mol. The van der Waals surface area contributed by atoms with Crippen LogP contribution in [-0.2, 0) is 27.5 Å². The summed E-state index contributed by atoms with van der Waals surface area (Å²) in [6.45, 7) is 4.40. The van der Waals surface area contributed by atoms with Crippen LogP contribution in [0.25, 0.3) is 0 Å². The maximum atomic E-state index is 14.5. The van der Waals surface area contributed by atoms with Crippen LogP contribution >= 0.6 is 15.9 Å². The maximum Gasteiger partial charge on any atom is 0.407 e. The normalized spacial score (nSPS) is 15.3. The van der Waals surface area contributed by atoms with E-state index in [2.05, 4.69) is 27.8 Å². The van der Waals surface area contributed by atoms with Crippen LogP contribution in [0.5, 0.6) is 0 Å². The first kappa shape index (κ1) is 29.1. The molecule has 0 spiro atoms. The van der Waals surface area contributed by atoms with Gasteiger partial charge in [0, 0.05) is 35.6 Å². The Kier molecular flexibility index (Phi) is 10.1. The van der Waals surface area contributed by atoms with Gasteiger partial charge < -0.3 is 24.3 Å². The highest BCUT2D eigenvalue weighted by atomic mass is 79.9. The lowest BCUT2D eigenvalue weighted by atomic mass is 10.0. The number of carbonyl (C=O) groups excluding carboxylic acids is 3. The lowest BCUT2D eigenvalue weighted by molar-refractivity contribution is -0.147. The number of alkyl carbamates (subject to hydrolysis) is 1. The fourth-order valence-electron chi connectivity index (χ4n) is 4.71. The van der Waals surface area contributed by atoms with Crippen molar-refractivity contribution in [1.29, 1.82) is 0 Å². The molecule has 1 N–H and O–H groups in total. The van der Waals surface area contributed by atoms with Crippen molar-refractivity contribution in [2.24, 2.45) is 0 Å². The van der Waals surface area contributed by atoms with E-state index in [1.807, 2.05) is 30.3 Å². The number of amides is 3. The third-order valence-electron chi connectivity index (χ3n) is 6.70. The highest BCUT2D eigenvalue weighted by molar-refractivity contribution is 9.10. The number of likely N-dealkylation sites (tertiary alicyclic amines) is 1. The van der Waals surface area contributed by atoms with Gasteiger partial charge in [-0.2, -0.15) is 0 Å². The number of hydrogen-bond donors (Lipinski definition) is 1. The van der Waals surface area contributed by atoms with Gasteiger partial charge in [0.2, 0.25) is 5.91 Å². The summed E-state index contributed by atoms with van der Waals surface area (Å²) in [5.74, 6) is -0.853. The molecule has 2 unspecified atom stereocenters. The van der Waals surface area contributed by atoms with Crippen LogP contribution in [0.4, 0.5) is 9.18 Å². The third kappa shape index (κ3) is 7.38. The van der Waals surface area contributed by atoms with E-state index >= 15 is 0 Å². The Morgan fingerprint density at radius 1 is 1.20 bits per heavy atom. The Hall–Kier alpha value is -3.92. The fourth-order valence-corrected chi connectivity index (χ4v) is 5.17. The van der Waals surface area contributed by atoms with E-state index in [-0.39, 0.29) is 38.1 Å². The molecule has 2 atom stereocenters. The molecule has 1 saturated heterocycles. The molecular formula is C30H31BrFN3O5. The first-order valence-electron chi connectivity index (χ1n) is 13.0. The topological polar surface area (TPSA) is 92.1 Å². The second kappa shape index (κ2) is 13.9. The molecule has 1 aliphatic heterocycles. The van der Waals surface area contributed by atoms with Crippen molar-refractivity contribution in [3.63, 3.8) is 0 Å². The first-order valence-corrected chi connectivity index (χ1v) is 13.8. The molecule has 0 aliphatic carbocycles. The van der Waals surface area contributed by atoms with Gasteiger partial charge in [0.25, 0.3) is 5.91 Å². The van der Waals surface area contributed by atoms with Gasteiger partial charge in [-0.05, 0) is 48.7 Å². The van der Waals surface area contributed by atoms with Gasteiger partial charge >= 0.3 is 6.09 Å². The zero-order valence-electron chi connectivity index (χ0n) is 21.9. The number of nitrogens with one attached hydrogen (secondary N) is 1. The molecule has 40 heavy (non-hydrogen) atoms. The molecule has 10 heteroatoms. The third-order valence-corrected chi connectivity index (χ3v) is 7.42. The number of carbonyl (C=O) groups is 3. The van der Waals surface area contributed by atoms with Crippen LogP contribution in [0, 0.1) is 5.82 Å². The predicted molar refractivity (Wildman–Crippen MR) is 150 cm³/mol. The SMILES string of the molecule is C=CC1CCCN1C(=O)C(c1cc(F)ccc1Br)N(Cc1ccco1)C(=O)CCNC(=O)OCc1ccccc1. The number of ether oxygens (including phenoxy) is 1. The molecule has 2 heterocycles. The van der Waals surface area contributed by atoms with Gasteiger partial charge in [0.1, 0.15) is 24.2 Å². The summed E-state index contributed by atoms with van der Waals surface area (Å²) in [5.41, 5.74) is 1.15. The molecule has 0 saturated carbocycles. The number of halogens is 2. The largest absolute Gasteiger partial charge is 0.467 e. The summed E-state index contributed by atoms with van der Waals surface area (Å²) in [6.07, 6.45) is 3.95. The van der Waals surface area contributed by atoms with E-state index in [1.165, 1.54) is 29.4 Å². The number of furan rings is 1. The van der Waals surface area contributed by atoms with E-state index in [9.17, 15) is 18.8 Å². The number of rotatable bonds is 11. The number of nitrogens with zero attached hydrogens (tertiary/aromatic N) is 2. The van der Waals surface area contributed by atoms with Crippen LogP contribution in [0.2, 0.25) is 0 Å². The molecule has 0 bridgehead atoms. The monoisotopic (exact) mass is 611 g/mol. The van der Waals surface area contributed by atoms with Crippen molar-refractivity contribution in [2.45, 2.75) is 44.5 Å². The first-order chi connectivity index (χ1) is 19.4. The minimum absolute atomic E-state index is 0.0225. The molecule has 1 aromatic heterocycles. The zero-order valence-corrected chi connectivity index (χ0v) is 23.5. The minimum atomic E-state index is -1.15. The Bertz CT molecular complexity index is 1320. The lowest BCUT2D eigenvalue weighted by Gasteiger charge is -2.35. The Morgan fingerprint density at radius 2 is 2.00 bits per heavy atom. The standard InChI is InChI=1S/C30H31BrFN3O5/c1-2-23-10-6-16-34(23)29(37)28(25-18-22(32)12-13-26(25)31)35(19-24-11-7-17-39-24)27(36)14-15-33-30(38)40-20-21-8-4-3-5-9-21/h2-5,7-9,11-13,17-18,23,28H,1,6,10,14-16,19-20H2,(H,33,38). The Morgan fingerprint density at radius 3 is 2.73 bits per heavy atom. The summed E-state index contributed by atoms with van der Waals surface area (Å²) in [4.78, 5) is 43.0. The lowest BCUT2D eigenvalue weighted by Crippen LogP contribution is -2.47. The molecule has 0 radical (unpaired) electrons. The minimum Gasteiger partial charge on any atom is -0.467 e. The van der Waals surface area contributed by atoms with Crippen molar-refractivity contribution in [3.05, 3.63) is 107 Å². The van der Waals surface area contributed by atoms with Crippen LogP contribution in [0.3, 0.4) is 0 Å². The van der Waals surface area contributed by atoms with Crippen LogP contribution in [0.15, 0.2) is 88.5 Å². The zero-order chi connectivity index (χ0) is 28.5. The van der Waals surface area contributed by atoms with E-state index < -0.39 is 23.9 Å². The van der Waals surface area contributed by atoms with Gasteiger partial charge in [0.05, 0.1) is 12.8 Å². The molecule has 1 fully saturated rings. The predicted octanol–water partition coefficient (Wildman–Crippen LogP) is 5.74. The highest BCUT2D eigenvalue weighted by Gasteiger charge is 2.39. The quantitative estimate of drug-likeness (QED) is 0.279. The maximum absolute atomic E-state index is 14.5. The van der Waals surface area contributed by atoms with Gasteiger partial charge in [-0.15, -0.1) is 6.58 Å². The molecule has 4 rings (SSSR count). The Balaban J connectivity index is 1.55. The van der Waals surface area contributed by atoms with E-state index in [0.717, 1.165) is 18.4 Å². The second-order valence-electron chi connectivity index (χ2n) is 9.38. The van der Waals surface area contributed by atoms with Gasteiger partial charge in [-0.25, -0.2) is 9.18 Å². The number of hydrogen-bond acceptors (Lipinski definition) is 5. The van der Waals surface area contributed by atoms with Gasteiger partial charge in [-0.3, -0.25) is 9.59 Å². The molecule has 2 aromatic carbocycles. The molecule has 3 aromatic rings. The van der Waals surface area contributed by atoms with Crippen molar-refractivity contribution in [2.75, 3.05) is 13.1 Å². The second-order valence-corrected chi connectivity index (χ2v) is 10.2. The Labute approximate surface area is 240 Å². The van der Waals surface area contributed by atoms with Crippen molar-refractivity contribution in [1.82, 2.24) is 15.1 Å². The summed E-state index contributed by atoms with van der Waals surface area (Å²) >= 11 is 3.45. The van der Waals surface area contributed by atoms with Gasteiger partial charge in [-0.1, -0.05) is 52.3 Å². The summed E-state index contributed by atoms with van der Waals surface area (Å²) in [6, 6.07) is 15.3. The van der Waals surface area contributed by atoms with Crippen LogP contribution < -0.4 is 5.32 Å². The summed E-state index contributed by atoms with van der Waals surface area (Å²) in [7, 11) is 0. The molecule has 1 aliphatic rings. The van der Waals surface area contributed by atoms with Crippen molar-refractivity contribution < 1.29 is 27.9 Å². The van der Waals surface area contributed by atoms with Crippen LogP contribution in [0.1, 0.15) is 42.2 Å². The highest BCUT2D eigenvalue weighted by Crippen LogP contribution is 2.34. The van der Waals surface area contributed by atoms with Crippen molar-refractivity contribution in [3.8, 4) is 0 Å². The van der Waals surface area contributed by atoms with Gasteiger partial charge in [0.15, 0.2) is 0 Å². The molecular weight excluding hydrogens is 581 g/mol. The van der Waals surface area contributed by atoms with Crippen LogP contribution in [-0.4, -0.2) is 46.8 Å². The van der Waals surface area contributed by atoms with E-state index in [1.54, 1.807) is 23.1 Å². The van der Waals surface area contributed by atoms with E-state index in [4.69, 9.17) is 9.15 Å². The molecule has 210 valence electrons. The fraction of sp³-hybridized carbons (Fsp3) is 0.300. The molecule has 8 nitrogen and oxygen atoms in total. The summed E-state index contributed by atoms with van der Waals surface area (Å²) in [5, 5.41) is 2.59. The number of benzene rings is 2. The van der Waals surface area contributed by atoms with Crippen molar-refractivity contribution >= 4 is 33.8 Å². The smallest absolute Gasteiger partial charge is 0.407 e.